The van der Waals surface area contributed by atoms with Crippen molar-refractivity contribution in [1.29, 1.82) is 0 Å². The molecule has 6 atom stereocenters. The van der Waals surface area contributed by atoms with Gasteiger partial charge in [-0.3, -0.25) is 29.3 Å². The summed E-state index contributed by atoms with van der Waals surface area (Å²) in [6, 6.07) is 14.2. The van der Waals surface area contributed by atoms with Gasteiger partial charge >= 0.3 is 0 Å². The van der Waals surface area contributed by atoms with E-state index in [1.54, 1.807) is 6.08 Å². The zero-order valence-corrected chi connectivity index (χ0v) is 25.9. The average molecular weight is 680 g/mol. The number of nitro groups is 1. The SMILES string of the molecule is COc1cccc(O)c1C1C2=CCC3C(=O)N(c4cccc([N+](=O)[O-])c4)C(=O)C3C2CC2(Cl)C(=O)N(c3ccc(F)cc3)C(=O)C12Cl. The number of methoxy groups -OCH3 is 1. The molecular formula is C33H24Cl2FN3O8. The molecule has 2 saturated heterocycles. The summed E-state index contributed by atoms with van der Waals surface area (Å²) < 4.78 is 19.4. The topological polar surface area (TPSA) is 147 Å². The molecule has 3 aromatic rings. The molecule has 2 heterocycles. The van der Waals surface area contributed by atoms with Gasteiger partial charge in [-0.2, -0.15) is 0 Å². The van der Waals surface area contributed by atoms with Crippen molar-refractivity contribution in [2.45, 2.75) is 28.5 Å². The number of hydrogen-bond acceptors (Lipinski definition) is 8. The van der Waals surface area contributed by atoms with Crippen LogP contribution in [0.3, 0.4) is 0 Å². The zero-order valence-electron chi connectivity index (χ0n) is 24.4. The fraction of sp³-hybridized carbons (Fsp3) is 0.273. The van der Waals surface area contributed by atoms with E-state index in [1.165, 1.54) is 55.6 Å². The van der Waals surface area contributed by atoms with Crippen LogP contribution in [0.1, 0.15) is 24.3 Å². The van der Waals surface area contributed by atoms with Gasteiger partial charge < -0.3 is 9.84 Å². The van der Waals surface area contributed by atoms with E-state index in [9.17, 15) is 38.8 Å². The highest BCUT2D eigenvalue weighted by Crippen LogP contribution is 2.67. The van der Waals surface area contributed by atoms with Crippen LogP contribution >= 0.6 is 23.2 Å². The lowest BCUT2D eigenvalue weighted by Crippen LogP contribution is -2.60. The van der Waals surface area contributed by atoms with Gasteiger partial charge in [0.05, 0.1) is 35.2 Å². The first kappa shape index (κ1) is 30.8. The van der Waals surface area contributed by atoms with Gasteiger partial charge in [-0.05, 0) is 61.2 Å². The lowest BCUT2D eigenvalue weighted by atomic mass is 9.56. The van der Waals surface area contributed by atoms with E-state index in [-0.39, 0.29) is 47.0 Å². The maximum absolute atomic E-state index is 14.5. The van der Waals surface area contributed by atoms with E-state index in [0.717, 1.165) is 28.0 Å². The van der Waals surface area contributed by atoms with Gasteiger partial charge in [0, 0.05) is 23.6 Å². The molecule has 7 rings (SSSR count). The Bertz CT molecular complexity index is 1950. The fourth-order valence-corrected chi connectivity index (χ4v) is 8.63. The average Bonchev–Trinajstić information content (AvgIpc) is 3.39. The predicted octanol–water partition coefficient (Wildman–Crippen LogP) is 5.22. The molecule has 0 spiro atoms. The number of carbonyl (C=O) groups is 4. The molecule has 6 unspecified atom stereocenters. The molecule has 0 radical (unpaired) electrons. The number of halogens is 3. The minimum Gasteiger partial charge on any atom is -0.508 e. The maximum Gasteiger partial charge on any atom is 0.271 e. The summed E-state index contributed by atoms with van der Waals surface area (Å²) >= 11 is 14.7. The number of anilines is 2. The summed E-state index contributed by atoms with van der Waals surface area (Å²) in [5.74, 6) is -8.13. The third kappa shape index (κ3) is 4.10. The van der Waals surface area contributed by atoms with E-state index in [2.05, 4.69) is 0 Å². The lowest BCUT2D eigenvalue weighted by molar-refractivity contribution is -0.384. The third-order valence-electron chi connectivity index (χ3n) is 9.75. The van der Waals surface area contributed by atoms with Crippen LogP contribution < -0.4 is 14.5 Å². The molecule has 2 aliphatic carbocycles. The number of nitrogens with zero attached hydrogens (tertiary/aromatic N) is 3. The van der Waals surface area contributed by atoms with Crippen molar-refractivity contribution in [3.05, 3.63) is 99.9 Å². The number of alkyl halides is 2. The number of non-ortho nitro benzene ring substituents is 1. The first-order valence-electron chi connectivity index (χ1n) is 14.6. The fourth-order valence-electron chi connectivity index (χ4n) is 7.72. The van der Waals surface area contributed by atoms with Crippen molar-refractivity contribution in [3.8, 4) is 11.5 Å². The highest BCUT2D eigenvalue weighted by Gasteiger charge is 2.77. The number of benzene rings is 3. The van der Waals surface area contributed by atoms with Crippen molar-refractivity contribution in [1.82, 2.24) is 0 Å². The third-order valence-corrected chi connectivity index (χ3v) is 11.2. The van der Waals surface area contributed by atoms with Crippen molar-refractivity contribution < 1.29 is 38.3 Å². The van der Waals surface area contributed by atoms with Crippen LogP contribution in [-0.4, -0.2) is 50.5 Å². The number of allylic oxidation sites excluding steroid dienone is 2. The number of amides is 4. The molecule has 11 nitrogen and oxygen atoms in total. The number of rotatable bonds is 5. The molecule has 0 aromatic heterocycles. The molecular weight excluding hydrogens is 656 g/mol. The molecule has 0 bridgehead atoms. The molecule has 4 aliphatic rings. The molecule has 3 fully saturated rings. The second-order valence-corrected chi connectivity index (χ2v) is 13.2. The van der Waals surface area contributed by atoms with Crippen LogP contribution in [-0.2, 0) is 19.2 Å². The molecule has 14 heteroatoms. The molecule has 240 valence electrons. The molecule has 47 heavy (non-hydrogen) atoms. The summed E-state index contributed by atoms with van der Waals surface area (Å²) in [4.78, 5) is 64.8. The van der Waals surface area contributed by atoms with E-state index in [1.807, 2.05) is 0 Å². The van der Waals surface area contributed by atoms with Gasteiger partial charge in [-0.15, -0.1) is 23.2 Å². The quantitative estimate of drug-likeness (QED) is 0.127. The largest absolute Gasteiger partial charge is 0.508 e. The Labute approximate surface area is 276 Å². The summed E-state index contributed by atoms with van der Waals surface area (Å²) in [5.41, 5.74) is 0.170. The van der Waals surface area contributed by atoms with E-state index < -0.39 is 67.8 Å². The second kappa shape index (κ2) is 10.6. The Morgan fingerprint density at radius 2 is 1.64 bits per heavy atom. The monoisotopic (exact) mass is 679 g/mol. The van der Waals surface area contributed by atoms with E-state index >= 15 is 0 Å². The highest BCUT2D eigenvalue weighted by atomic mass is 35.5. The van der Waals surface area contributed by atoms with Crippen molar-refractivity contribution in [2.24, 2.45) is 17.8 Å². The Hall–Kier alpha value is -4.81. The molecule has 1 N–H and O–H groups in total. The van der Waals surface area contributed by atoms with Gasteiger partial charge in [-0.1, -0.05) is 23.8 Å². The Balaban J connectivity index is 1.41. The molecule has 3 aromatic carbocycles. The number of phenols is 1. The molecule has 2 aliphatic heterocycles. The van der Waals surface area contributed by atoms with E-state index in [0.29, 0.717) is 5.57 Å². The number of nitro benzene ring substituents is 1. The highest BCUT2D eigenvalue weighted by molar-refractivity contribution is 6.58. The zero-order chi connectivity index (χ0) is 33.6. The van der Waals surface area contributed by atoms with Crippen LogP contribution in [0.5, 0.6) is 11.5 Å². The van der Waals surface area contributed by atoms with Gasteiger partial charge in [0.15, 0.2) is 9.75 Å². The summed E-state index contributed by atoms with van der Waals surface area (Å²) in [5, 5.41) is 22.7. The first-order chi connectivity index (χ1) is 22.3. The number of imide groups is 2. The van der Waals surface area contributed by atoms with Crippen LogP contribution in [0, 0.1) is 33.7 Å². The summed E-state index contributed by atoms with van der Waals surface area (Å²) in [6.07, 6.45) is 1.37. The number of carbonyl (C=O) groups excluding carboxylic acids is 4. The van der Waals surface area contributed by atoms with Crippen molar-refractivity contribution >= 4 is 63.9 Å². The molecule has 4 amide bonds. The summed E-state index contributed by atoms with van der Waals surface area (Å²) in [6.45, 7) is 0. The van der Waals surface area contributed by atoms with Crippen LogP contribution in [0.25, 0.3) is 0 Å². The van der Waals surface area contributed by atoms with E-state index in [4.69, 9.17) is 27.9 Å². The van der Waals surface area contributed by atoms with Crippen molar-refractivity contribution in [2.75, 3.05) is 16.9 Å². The van der Waals surface area contributed by atoms with Gasteiger partial charge in [0.25, 0.3) is 17.5 Å². The standard InChI is InChI=1S/C33H24Cl2FN3O8/c1-47-24-7-3-6-23(40)26(24)27-20-12-13-21-25(29(42)37(28(21)41)18-4-2-5-19(14-18)39(45)46)22(20)15-32(34)30(43)38(31(44)33(27,32)35)17-10-8-16(36)9-11-17/h2-12,14,21-22,25,27,40H,13,15H2,1H3. The van der Waals surface area contributed by atoms with Crippen molar-refractivity contribution in [3.63, 3.8) is 0 Å². The minimum absolute atomic E-state index is 0.0117. The number of fused-ring (bicyclic) bond motifs is 4. The van der Waals surface area contributed by atoms with Crippen LogP contribution in [0.4, 0.5) is 21.5 Å². The smallest absolute Gasteiger partial charge is 0.271 e. The Kier molecular flexibility index (Phi) is 6.96. The lowest BCUT2D eigenvalue weighted by Gasteiger charge is -2.50. The van der Waals surface area contributed by atoms with Crippen LogP contribution in [0.2, 0.25) is 0 Å². The van der Waals surface area contributed by atoms with Crippen LogP contribution in [0.15, 0.2) is 78.4 Å². The first-order valence-corrected chi connectivity index (χ1v) is 15.3. The number of ether oxygens (including phenoxy) is 1. The van der Waals surface area contributed by atoms with Gasteiger partial charge in [0.1, 0.15) is 17.3 Å². The number of phenolic OH excluding ortho intramolecular Hbond substituents is 1. The summed E-state index contributed by atoms with van der Waals surface area (Å²) in [7, 11) is 1.35. The second-order valence-electron chi connectivity index (χ2n) is 11.9. The Morgan fingerprint density at radius 1 is 0.936 bits per heavy atom. The minimum atomic E-state index is -2.27. The Morgan fingerprint density at radius 3 is 2.32 bits per heavy atom. The maximum atomic E-state index is 14.5. The number of aromatic hydroxyl groups is 1. The predicted molar refractivity (Wildman–Crippen MR) is 167 cm³/mol. The normalized spacial score (nSPS) is 29.7. The number of hydrogen-bond donors (Lipinski definition) is 1. The molecule has 1 saturated carbocycles. The van der Waals surface area contributed by atoms with Gasteiger partial charge in [0.2, 0.25) is 11.8 Å². The van der Waals surface area contributed by atoms with Gasteiger partial charge in [-0.25, -0.2) is 14.2 Å².